The quantitative estimate of drug-likeness (QED) is 0.813. The van der Waals surface area contributed by atoms with Gasteiger partial charge >= 0.3 is 5.97 Å². The monoisotopic (exact) mass is 394 g/mol. The van der Waals surface area contributed by atoms with Crippen LogP contribution in [0.5, 0.6) is 0 Å². The molecule has 0 radical (unpaired) electrons. The standard InChI is InChI=1S/C23H26N2O4/c1-15-20(18(9-11-24-15)17-5-3-2-4-6-17)21(27)25-12-10-19(26)23(14-25,22(28)29)13-16-7-8-16/h2-6,9,11,16,19,26H,7-8,10,12-14H2,1H3,(H,28,29)/t19-,23-/m1/s1. The van der Waals surface area contributed by atoms with Crippen LogP contribution in [0.4, 0.5) is 0 Å². The molecule has 1 amide bonds. The Labute approximate surface area is 170 Å². The second kappa shape index (κ2) is 7.59. The minimum absolute atomic E-state index is 0.0292. The number of aromatic nitrogens is 1. The zero-order chi connectivity index (χ0) is 20.6. The van der Waals surface area contributed by atoms with Gasteiger partial charge in [0.15, 0.2) is 0 Å². The summed E-state index contributed by atoms with van der Waals surface area (Å²) in [5, 5.41) is 20.6. The number of hydrogen-bond donors (Lipinski definition) is 2. The summed E-state index contributed by atoms with van der Waals surface area (Å²) in [5.41, 5.74) is 1.53. The van der Waals surface area contributed by atoms with Crippen LogP contribution in [0.2, 0.25) is 0 Å². The summed E-state index contributed by atoms with van der Waals surface area (Å²) in [4.78, 5) is 31.7. The first-order valence-corrected chi connectivity index (χ1v) is 10.1. The van der Waals surface area contributed by atoms with E-state index < -0.39 is 17.5 Å². The molecule has 6 nitrogen and oxygen atoms in total. The maximum absolute atomic E-state index is 13.5. The van der Waals surface area contributed by atoms with E-state index in [0.29, 0.717) is 30.1 Å². The molecule has 1 aromatic carbocycles. The number of amides is 1. The van der Waals surface area contributed by atoms with E-state index in [-0.39, 0.29) is 18.9 Å². The van der Waals surface area contributed by atoms with E-state index in [4.69, 9.17) is 0 Å². The summed E-state index contributed by atoms with van der Waals surface area (Å²) < 4.78 is 0. The number of carboxylic acid groups (broad SMARTS) is 1. The molecule has 2 heterocycles. The highest BCUT2D eigenvalue weighted by Crippen LogP contribution is 2.45. The summed E-state index contributed by atoms with van der Waals surface area (Å²) in [6.07, 6.45) is 3.43. The molecule has 1 saturated carbocycles. The molecule has 2 aromatic rings. The number of pyridine rings is 1. The first kappa shape index (κ1) is 19.6. The molecule has 1 saturated heterocycles. The van der Waals surface area contributed by atoms with Gasteiger partial charge in [0, 0.05) is 19.3 Å². The van der Waals surface area contributed by atoms with Gasteiger partial charge in [-0.3, -0.25) is 14.6 Å². The first-order chi connectivity index (χ1) is 13.9. The molecular weight excluding hydrogens is 368 g/mol. The lowest BCUT2D eigenvalue weighted by Crippen LogP contribution is -2.57. The van der Waals surface area contributed by atoms with Crippen molar-refractivity contribution in [1.29, 1.82) is 0 Å². The first-order valence-electron chi connectivity index (χ1n) is 10.1. The molecule has 0 bridgehead atoms. The average molecular weight is 394 g/mol. The van der Waals surface area contributed by atoms with Crippen molar-refractivity contribution in [1.82, 2.24) is 9.88 Å². The number of benzene rings is 1. The van der Waals surface area contributed by atoms with Crippen molar-refractivity contribution in [2.45, 2.75) is 38.7 Å². The lowest BCUT2D eigenvalue weighted by atomic mass is 9.73. The number of aryl methyl sites for hydroxylation is 1. The van der Waals surface area contributed by atoms with Gasteiger partial charge in [-0.15, -0.1) is 0 Å². The van der Waals surface area contributed by atoms with Crippen molar-refractivity contribution in [3.05, 3.63) is 53.9 Å². The van der Waals surface area contributed by atoms with E-state index >= 15 is 0 Å². The minimum Gasteiger partial charge on any atom is -0.481 e. The van der Waals surface area contributed by atoms with Crippen LogP contribution in [0, 0.1) is 18.3 Å². The predicted molar refractivity (Wildman–Crippen MR) is 108 cm³/mol. The second-order valence-electron chi connectivity index (χ2n) is 8.32. The number of hydrogen-bond acceptors (Lipinski definition) is 4. The third-order valence-electron chi connectivity index (χ3n) is 6.29. The van der Waals surface area contributed by atoms with E-state index in [9.17, 15) is 19.8 Å². The number of piperidine rings is 1. The van der Waals surface area contributed by atoms with Crippen LogP contribution in [0.3, 0.4) is 0 Å². The molecule has 2 N–H and O–H groups in total. The SMILES string of the molecule is Cc1nccc(-c2ccccc2)c1C(=O)N1CC[C@@H](O)[C@](CC2CC2)(C(=O)O)C1. The van der Waals surface area contributed by atoms with Crippen LogP contribution >= 0.6 is 0 Å². The Morgan fingerprint density at radius 1 is 1.17 bits per heavy atom. The largest absolute Gasteiger partial charge is 0.481 e. The van der Waals surface area contributed by atoms with Crippen LogP contribution in [0.1, 0.15) is 41.7 Å². The van der Waals surface area contributed by atoms with Crippen molar-refractivity contribution < 1.29 is 19.8 Å². The number of likely N-dealkylation sites (tertiary alicyclic amines) is 1. The third-order valence-corrected chi connectivity index (χ3v) is 6.29. The van der Waals surface area contributed by atoms with Crippen molar-refractivity contribution in [2.24, 2.45) is 11.3 Å². The van der Waals surface area contributed by atoms with Crippen LogP contribution in [0.15, 0.2) is 42.6 Å². The highest BCUT2D eigenvalue weighted by atomic mass is 16.4. The maximum Gasteiger partial charge on any atom is 0.314 e. The molecule has 152 valence electrons. The zero-order valence-electron chi connectivity index (χ0n) is 16.5. The van der Waals surface area contributed by atoms with Crippen molar-refractivity contribution >= 4 is 11.9 Å². The van der Waals surface area contributed by atoms with Crippen LogP contribution in [-0.4, -0.2) is 51.2 Å². The fourth-order valence-electron chi connectivity index (χ4n) is 4.44. The summed E-state index contributed by atoms with van der Waals surface area (Å²) in [6.45, 7) is 2.16. The number of carboxylic acids is 1. The van der Waals surface area contributed by atoms with Gasteiger partial charge in [-0.2, -0.15) is 0 Å². The van der Waals surface area contributed by atoms with Gasteiger partial charge in [-0.25, -0.2) is 0 Å². The summed E-state index contributed by atoms with van der Waals surface area (Å²) >= 11 is 0. The summed E-state index contributed by atoms with van der Waals surface area (Å²) in [7, 11) is 0. The number of aliphatic carboxylic acids is 1. The molecule has 2 fully saturated rings. The fourth-order valence-corrected chi connectivity index (χ4v) is 4.44. The van der Waals surface area contributed by atoms with Gasteiger partial charge in [-0.1, -0.05) is 43.2 Å². The Morgan fingerprint density at radius 2 is 1.90 bits per heavy atom. The molecule has 1 aliphatic heterocycles. The van der Waals surface area contributed by atoms with Gasteiger partial charge in [0.2, 0.25) is 0 Å². The molecule has 2 atom stereocenters. The molecule has 2 aliphatic rings. The lowest BCUT2D eigenvalue weighted by Gasteiger charge is -2.43. The molecular formula is C23H26N2O4. The molecule has 4 rings (SSSR count). The summed E-state index contributed by atoms with van der Waals surface area (Å²) in [5.74, 6) is -0.904. The topological polar surface area (TPSA) is 90.7 Å². The van der Waals surface area contributed by atoms with Gasteiger partial charge in [0.25, 0.3) is 5.91 Å². The van der Waals surface area contributed by atoms with E-state index in [1.807, 2.05) is 36.4 Å². The van der Waals surface area contributed by atoms with Gasteiger partial charge < -0.3 is 15.1 Å². The number of nitrogens with zero attached hydrogens (tertiary/aromatic N) is 2. The molecule has 6 heteroatoms. The summed E-state index contributed by atoms with van der Waals surface area (Å²) in [6, 6.07) is 11.5. The predicted octanol–water partition coefficient (Wildman–Crippen LogP) is 3.13. The number of aliphatic hydroxyl groups excluding tert-OH is 1. The second-order valence-corrected chi connectivity index (χ2v) is 8.32. The minimum atomic E-state index is -1.29. The number of aliphatic hydroxyl groups is 1. The normalized spacial score (nSPS) is 24.3. The fraction of sp³-hybridized carbons (Fsp3) is 0.435. The molecule has 1 aliphatic carbocycles. The van der Waals surface area contributed by atoms with Crippen LogP contribution in [0.25, 0.3) is 11.1 Å². The highest BCUT2D eigenvalue weighted by molar-refractivity contribution is 6.02. The van der Waals surface area contributed by atoms with Crippen molar-refractivity contribution in [3.8, 4) is 11.1 Å². The van der Waals surface area contributed by atoms with E-state index in [1.54, 1.807) is 18.0 Å². The number of carbonyl (C=O) groups is 2. The molecule has 0 unspecified atom stereocenters. The third kappa shape index (κ3) is 3.65. The Kier molecular flexibility index (Phi) is 5.13. The van der Waals surface area contributed by atoms with Gasteiger partial charge in [0.05, 0.1) is 17.4 Å². The van der Waals surface area contributed by atoms with Crippen molar-refractivity contribution in [2.75, 3.05) is 13.1 Å². The number of carbonyl (C=O) groups excluding carboxylic acids is 1. The molecule has 29 heavy (non-hydrogen) atoms. The molecule has 1 aromatic heterocycles. The zero-order valence-corrected chi connectivity index (χ0v) is 16.5. The molecule has 0 spiro atoms. The lowest BCUT2D eigenvalue weighted by molar-refractivity contribution is -0.163. The maximum atomic E-state index is 13.5. The van der Waals surface area contributed by atoms with E-state index in [0.717, 1.165) is 24.0 Å². The Hall–Kier alpha value is -2.73. The average Bonchev–Trinajstić information content (AvgIpc) is 3.53. The Morgan fingerprint density at radius 3 is 2.55 bits per heavy atom. The van der Waals surface area contributed by atoms with Crippen LogP contribution < -0.4 is 0 Å². The smallest absolute Gasteiger partial charge is 0.314 e. The highest BCUT2D eigenvalue weighted by Gasteiger charge is 2.52. The number of rotatable bonds is 5. The van der Waals surface area contributed by atoms with E-state index in [2.05, 4.69) is 4.98 Å². The van der Waals surface area contributed by atoms with Crippen LogP contribution in [-0.2, 0) is 4.79 Å². The van der Waals surface area contributed by atoms with E-state index in [1.165, 1.54) is 0 Å². The van der Waals surface area contributed by atoms with Crippen molar-refractivity contribution in [3.63, 3.8) is 0 Å². The van der Waals surface area contributed by atoms with Gasteiger partial charge in [-0.05, 0) is 42.9 Å². The Bertz CT molecular complexity index is 926. The Balaban J connectivity index is 1.69. The van der Waals surface area contributed by atoms with Gasteiger partial charge in [0.1, 0.15) is 5.41 Å².